The monoisotopic (exact) mass is 531 g/mol. The lowest BCUT2D eigenvalue weighted by Crippen LogP contribution is -2.14. The zero-order chi connectivity index (χ0) is 28.0. The first-order valence-electron chi connectivity index (χ1n) is 14.0. The van der Waals surface area contributed by atoms with E-state index in [-0.39, 0.29) is 18.9 Å². The van der Waals surface area contributed by atoms with Crippen molar-refractivity contribution in [1.82, 2.24) is 0 Å². The average molecular weight is 532 g/mol. The quantitative estimate of drug-likeness (QED) is 0.182. The topological polar surface area (TPSA) is 84.9 Å². The van der Waals surface area contributed by atoms with Gasteiger partial charge in [0, 0.05) is 12.1 Å². The molecule has 3 aromatic carbocycles. The highest BCUT2D eigenvalue weighted by molar-refractivity contribution is 6.06. The van der Waals surface area contributed by atoms with Gasteiger partial charge in [-0.05, 0) is 85.2 Å². The molecule has 0 fully saturated rings. The van der Waals surface area contributed by atoms with Crippen molar-refractivity contribution in [3.63, 3.8) is 0 Å². The van der Waals surface area contributed by atoms with E-state index in [9.17, 15) is 9.59 Å². The standard InChI is InChI=1S/C33H41NO5/c1-4-5-10-24(2)11-8-21-38-28-19-20-29(25(3)23-28)26-15-17-27(18-16-26)34-33(37)30-12-6-7-13-31(30)39-22-9-14-32(35)36/h6-7,12-13,15-20,23-24H,4-5,8-11,14,21-22H2,1-3H3,(H,34,37)(H,35,36). The van der Waals surface area contributed by atoms with Crippen molar-refractivity contribution >= 4 is 17.6 Å². The predicted molar refractivity (Wildman–Crippen MR) is 157 cm³/mol. The number of nitrogens with one attached hydrogen (secondary N) is 1. The van der Waals surface area contributed by atoms with Crippen LogP contribution in [0.3, 0.4) is 0 Å². The van der Waals surface area contributed by atoms with Crippen molar-refractivity contribution in [2.24, 2.45) is 5.92 Å². The molecule has 1 unspecified atom stereocenters. The molecule has 1 amide bonds. The van der Waals surface area contributed by atoms with E-state index in [4.69, 9.17) is 14.6 Å². The summed E-state index contributed by atoms with van der Waals surface area (Å²) in [5, 5.41) is 11.7. The molecular weight excluding hydrogens is 490 g/mol. The van der Waals surface area contributed by atoms with E-state index < -0.39 is 5.97 Å². The SMILES string of the molecule is CCCCC(C)CCCOc1ccc(-c2ccc(NC(=O)c3ccccc3OCCCC(=O)O)cc2)c(C)c1. The summed E-state index contributed by atoms with van der Waals surface area (Å²) in [6.45, 7) is 7.61. The van der Waals surface area contributed by atoms with Gasteiger partial charge < -0.3 is 19.9 Å². The molecule has 0 aromatic heterocycles. The minimum atomic E-state index is -0.870. The number of carbonyl (C=O) groups is 2. The third-order valence-electron chi connectivity index (χ3n) is 6.74. The lowest BCUT2D eigenvalue weighted by Gasteiger charge is -2.13. The van der Waals surface area contributed by atoms with Crippen molar-refractivity contribution < 1.29 is 24.2 Å². The number of hydrogen-bond donors (Lipinski definition) is 2. The second-order valence-corrected chi connectivity index (χ2v) is 10.1. The highest BCUT2D eigenvalue weighted by atomic mass is 16.5. The Bertz CT molecular complexity index is 1200. The van der Waals surface area contributed by atoms with Crippen LogP contribution in [0, 0.1) is 12.8 Å². The minimum Gasteiger partial charge on any atom is -0.494 e. The first kappa shape index (κ1) is 29.8. The Morgan fingerprint density at radius 3 is 2.33 bits per heavy atom. The van der Waals surface area contributed by atoms with Gasteiger partial charge in [0.05, 0.1) is 18.8 Å². The van der Waals surface area contributed by atoms with E-state index in [0.717, 1.165) is 41.4 Å². The molecular formula is C33H41NO5. The molecule has 0 aliphatic carbocycles. The fourth-order valence-corrected chi connectivity index (χ4v) is 4.49. The molecule has 208 valence electrons. The van der Waals surface area contributed by atoms with Gasteiger partial charge >= 0.3 is 5.97 Å². The van der Waals surface area contributed by atoms with Gasteiger partial charge in [0.15, 0.2) is 0 Å². The zero-order valence-corrected chi connectivity index (χ0v) is 23.4. The van der Waals surface area contributed by atoms with E-state index in [1.807, 2.05) is 30.3 Å². The van der Waals surface area contributed by atoms with Crippen LogP contribution >= 0.6 is 0 Å². The summed E-state index contributed by atoms with van der Waals surface area (Å²) in [4.78, 5) is 23.6. The molecule has 1 atom stereocenters. The van der Waals surface area contributed by atoms with Crippen LogP contribution in [0.25, 0.3) is 11.1 Å². The number of rotatable bonds is 16. The van der Waals surface area contributed by atoms with Crippen molar-refractivity contribution in [3.05, 3.63) is 77.9 Å². The van der Waals surface area contributed by atoms with Gasteiger partial charge in [-0.3, -0.25) is 9.59 Å². The number of carboxylic acids is 1. The molecule has 6 nitrogen and oxygen atoms in total. The lowest BCUT2D eigenvalue weighted by molar-refractivity contribution is -0.137. The lowest BCUT2D eigenvalue weighted by atomic mass is 9.99. The number of aliphatic carboxylic acids is 1. The first-order valence-corrected chi connectivity index (χ1v) is 14.0. The van der Waals surface area contributed by atoms with Gasteiger partial charge in [-0.25, -0.2) is 0 Å². The summed E-state index contributed by atoms with van der Waals surface area (Å²) in [5.74, 6) is 0.926. The van der Waals surface area contributed by atoms with Crippen LogP contribution in [-0.4, -0.2) is 30.2 Å². The summed E-state index contributed by atoms with van der Waals surface area (Å²) >= 11 is 0. The molecule has 0 heterocycles. The van der Waals surface area contributed by atoms with Crippen LogP contribution in [0.4, 0.5) is 5.69 Å². The van der Waals surface area contributed by atoms with Crippen LogP contribution < -0.4 is 14.8 Å². The third kappa shape index (κ3) is 9.78. The van der Waals surface area contributed by atoms with Gasteiger partial charge in [-0.15, -0.1) is 0 Å². The molecule has 0 aliphatic rings. The summed E-state index contributed by atoms with van der Waals surface area (Å²) < 4.78 is 11.7. The predicted octanol–water partition coefficient (Wildman–Crippen LogP) is 8.14. The van der Waals surface area contributed by atoms with E-state index in [1.54, 1.807) is 24.3 Å². The fraction of sp³-hybridized carbons (Fsp3) is 0.394. The Morgan fingerprint density at radius 2 is 1.62 bits per heavy atom. The molecule has 2 N–H and O–H groups in total. The number of amides is 1. The van der Waals surface area contributed by atoms with Gasteiger partial charge in [-0.2, -0.15) is 0 Å². The molecule has 0 radical (unpaired) electrons. The first-order chi connectivity index (χ1) is 18.9. The number of ether oxygens (including phenoxy) is 2. The second-order valence-electron chi connectivity index (χ2n) is 10.1. The third-order valence-corrected chi connectivity index (χ3v) is 6.74. The summed E-state index contributed by atoms with van der Waals surface area (Å²) in [6, 6.07) is 20.9. The van der Waals surface area contributed by atoms with Gasteiger partial charge in [-0.1, -0.05) is 63.4 Å². The Morgan fingerprint density at radius 1 is 0.897 bits per heavy atom. The number of carboxylic acid groups (broad SMARTS) is 1. The molecule has 39 heavy (non-hydrogen) atoms. The van der Waals surface area contributed by atoms with E-state index in [0.29, 0.717) is 23.4 Å². The minimum absolute atomic E-state index is 0.0223. The number of carbonyl (C=O) groups excluding carboxylic acids is 1. The number of para-hydroxylation sites is 1. The zero-order valence-electron chi connectivity index (χ0n) is 23.4. The van der Waals surface area contributed by atoms with E-state index in [2.05, 4.69) is 38.2 Å². The van der Waals surface area contributed by atoms with Crippen molar-refractivity contribution in [3.8, 4) is 22.6 Å². The maximum atomic E-state index is 12.9. The largest absolute Gasteiger partial charge is 0.494 e. The molecule has 3 rings (SSSR count). The molecule has 0 saturated carbocycles. The molecule has 0 aliphatic heterocycles. The number of hydrogen-bond acceptors (Lipinski definition) is 4. The smallest absolute Gasteiger partial charge is 0.303 e. The van der Waals surface area contributed by atoms with Crippen molar-refractivity contribution in [2.75, 3.05) is 18.5 Å². The fourth-order valence-electron chi connectivity index (χ4n) is 4.49. The Hall–Kier alpha value is -3.80. The van der Waals surface area contributed by atoms with Crippen LogP contribution in [0.1, 0.15) is 74.7 Å². The van der Waals surface area contributed by atoms with Gasteiger partial charge in [0.1, 0.15) is 11.5 Å². The molecule has 3 aromatic rings. The van der Waals surface area contributed by atoms with Crippen molar-refractivity contribution in [1.29, 1.82) is 0 Å². The number of unbranched alkanes of at least 4 members (excludes halogenated alkanes) is 1. The normalized spacial score (nSPS) is 11.6. The van der Waals surface area contributed by atoms with Crippen LogP contribution in [-0.2, 0) is 4.79 Å². The Labute approximate surface area is 232 Å². The number of benzene rings is 3. The molecule has 0 spiro atoms. The molecule has 0 saturated heterocycles. The van der Waals surface area contributed by atoms with Crippen LogP contribution in [0.15, 0.2) is 66.7 Å². The van der Waals surface area contributed by atoms with Crippen molar-refractivity contribution in [2.45, 2.75) is 65.7 Å². The van der Waals surface area contributed by atoms with Crippen LogP contribution in [0.5, 0.6) is 11.5 Å². The highest BCUT2D eigenvalue weighted by Gasteiger charge is 2.13. The second kappa shape index (κ2) is 15.6. The summed E-state index contributed by atoms with van der Waals surface area (Å²) in [7, 11) is 0. The van der Waals surface area contributed by atoms with Gasteiger partial charge in [0.2, 0.25) is 0 Å². The maximum absolute atomic E-state index is 12.9. The Balaban J connectivity index is 1.55. The van der Waals surface area contributed by atoms with Gasteiger partial charge in [0.25, 0.3) is 5.91 Å². The number of aryl methyl sites for hydroxylation is 1. The maximum Gasteiger partial charge on any atom is 0.303 e. The molecule has 6 heteroatoms. The van der Waals surface area contributed by atoms with Crippen LogP contribution in [0.2, 0.25) is 0 Å². The summed E-state index contributed by atoms with van der Waals surface area (Å²) in [5.41, 5.74) is 4.39. The molecule has 0 bridgehead atoms. The number of anilines is 1. The summed E-state index contributed by atoms with van der Waals surface area (Å²) in [6.07, 6.45) is 6.52. The van der Waals surface area contributed by atoms with E-state index >= 15 is 0 Å². The Kier molecular flexibility index (Phi) is 11.9. The van der Waals surface area contributed by atoms with E-state index in [1.165, 1.54) is 25.7 Å². The highest BCUT2D eigenvalue weighted by Crippen LogP contribution is 2.29. The average Bonchev–Trinajstić information content (AvgIpc) is 2.93.